The summed E-state index contributed by atoms with van der Waals surface area (Å²) in [7, 11) is 1.67. The highest BCUT2D eigenvalue weighted by atomic mass is 16.5. The van der Waals surface area contributed by atoms with Gasteiger partial charge in [0, 0.05) is 0 Å². The first-order valence-corrected chi connectivity index (χ1v) is 2.93. The van der Waals surface area contributed by atoms with Crippen LogP contribution < -0.4 is 4.74 Å². The number of rotatable bonds is 1. The SMILES string of the molecule is COc1ccc([11CH3])cc1. The fourth-order valence-corrected chi connectivity index (χ4v) is 0.674. The number of aryl methyl sites for hydroxylation is 1. The van der Waals surface area contributed by atoms with E-state index in [1.807, 2.05) is 24.3 Å². The molecule has 48 valence electrons. The summed E-state index contributed by atoms with van der Waals surface area (Å²) in [6.07, 6.45) is 0. The van der Waals surface area contributed by atoms with E-state index in [1.54, 1.807) is 7.11 Å². The lowest BCUT2D eigenvalue weighted by Crippen LogP contribution is -1.80. The molecule has 0 saturated heterocycles. The van der Waals surface area contributed by atoms with Gasteiger partial charge in [0.05, 0.1) is 7.11 Å². The lowest BCUT2D eigenvalue weighted by atomic mass is 10.0. The molecule has 1 aromatic rings. The van der Waals surface area contributed by atoms with Crippen molar-refractivity contribution >= 4 is 0 Å². The van der Waals surface area contributed by atoms with Crippen LogP contribution in [0.15, 0.2) is 24.3 Å². The van der Waals surface area contributed by atoms with Gasteiger partial charge in [0.1, 0.15) is 5.75 Å². The Morgan fingerprint density at radius 1 is 1.11 bits per heavy atom. The summed E-state index contributed by atoms with van der Waals surface area (Å²) < 4.78 is 4.97. The molecule has 1 rings (SSSR count). The molecule has 0 N–H and O–H groups in total. The Hall–Kier alpha value is -0.980. The maximum atomic E-state index is 4.97. The van der Waals surface area contributed by atoms with E-state index in [9.17, 15) is 0 Å². The third-order valence-electron chi connectivity index (χ3n) is 1.26. The first-order valence-electron chi connectivity index (χ1n) is 2.93. The van der Waals surface area contributed by atoms with Gasteiger partial charge in [0.2, 0.25) is 0 Å². The molecule has 0 aliphatic heterocycles. The monoisotopic (exact) mass is 121 g/mol. The fourth-order valence-electron chi connectivity index (χ4n) is 0.674. The molecular formula is C8H10O. The van der Waals surface area contributed by atoms with E-state index >= 15 is 0 Å². The molecule has 0 aliphatic rings. The zero-order valence-electron chi connectivity index (χ0n) is 5.72. The molecule has 1 heteroatoms. The number of ether oxygens (including phenoxy) is 1. The van der Waals surface area contributed by atoms with Crippen molar-refractivity contribution in [1.82, 2.24) is 0 Å². The lowest BCUT2D eigenvalue weighted by Gasteiger charge is -1.97. The zero-order valence-corrected chi connectivity index (χ0v) is 5.72. The van der Waals surface area contributed by atoms with Gasteiger partial charge >= 0.3 is 0 Å². The van der Waals surface area contributed by atoms with Crippen LogP contribution in [0.1, 0.15) is 5.56 Å². The maximum Gasteiger partial charge on any atom is 0.118 e. The van der Waals surface area contributed by atoms with Crippen LogP contribution in [-0.4, -0.2) is 7.11 Å². The van der Waals surface area contributed by atoms with Gasteiger partial charge in [-0.1, -0.05) is 17.7 Å². The Kier molecular flexibility index (Phi) is 1.73. The van der Waals surface area contributed by atoms with E-state index in [0.717, 1.165) is 5.75 Å². The van der Waals surface area contributed by atoms with Gasteiger partial charge in [-0.3, -0.25) is 0 Å². The molecule has 1 aromatic carbocycles. The van der Waals surface area contributed by atoms with E-state index in [0.29, 0.717) is 0 Å². The Bertz CT molecular complexity index is 176. The number of hydrogen-bond donors (Lipinski definition) is 0. The standard InChI is InChI=1S/C8H10O/c1-7-3-5-8(9-2)6-4-7/h3-6H,1-2H3/i1-1. The second-order valence-corrected chi connectivity index (χ2v) is 2.02. The van der Waals surface area contributed by atoms with Crippen molar-refractivity contribution in [2.24, 2.45) is 0 Å². The second kappa shape index (κ2) is 2.53. The van der Waals surface area contributed by atoms with Crippen molar-refractivity contribution in [3.63, 3.8) is 0 Å². The molecular weight excluding hydrogens is 111 g/mol. The van der Waals surface area contributed by atoms with Crippen LogP contribution in [0.2, 0.25) is 0 Å². The molecule has 0 spiro atoms. The third kappa shape index (κ3) is 1.46. The normalized spacial score (nSPS) is 9.11. The highest BCUT2D eigenvalue weighted by Crippen LogP contribution is 2.09. The minimum Gasteiger partial charge on any atom is -0.497 e. The predicted octanol–water partition coefficient (Wildman–Crippen LogP) is 2.00. The highest BCUT2D eigenvalue weighted by molar-refractivity contribution is 5.25. The Morgan fingerprint density at radius 2 is 1.67 bits per heavy atom. The van der Waals surface area contributed by atoms with Crippen molar-refractivity contribution in [2.75, 3.05) is 7.11 Å². The number of benzene rings is 1. The van der Waals surface area contributed by atoms with Crippen LogP contribution in [0.5, 0.6) is 5.75 Å². The van der Waals surface area contributed by atoms with Gasteiger partial charge in [-0.25, -0.2) is 0 Å². The molecule has 0 radical (unpaired) electrons. The van der Waals surface area contributed by atoms with Crippen molar-refractivity contribution < 1.29 is 4.74 Å². The molecule has 0 fully saturated rings. The molecule has 0 bridgehead atoms. The number of hydrogen-bond acceptors (Lipinski definition) is 1. The van der Waals surface area contributed by atoms with Gasteiger partial charge in [0.25, 0.3) is 0 Å². The average molecular weight is 121 g/mol. The van der Waals surface area contributed by atoms with Gasteiger partial charge in [0.15, 0.2) is 0 Å². The van der Waals surface area contributed by atoms with E-state index in [2.05, 4.69) is 6.92 Å². The van der Waals surface area contributed by atoms with E-state index in [4.69, 9.17) is 4.74 Å². The molecule has 0 saturated carbocycles. The summed E-state index contributed by atoms with van der Waals surface area (Å²) >= 11 is 0. The van der Waals surface area contributed by atoms with E-state index in [1.165, 1.54) is 5.56 Å². The van der Waals surface area contributed by atoms with Crippen LogP contribution in [0.25, 0.3) is 0 Å². The van der Waals surface area contributed by atoms with E-state index in [-0.39, 0.29) is 0 Å². The largest absolute Gasteiger partial charge is 0.497 e. The molecule has 9 heavy (non-hydrogen) atoms. The molecule has 1 nitrogen and oxygen atoms in total. The van der Waals surface area contributed by atoms with Gasteiger partial charge in [-0.05, 0) is 19.1 Å². The Balaban J connectivity index is 2.88. The third-order valence-corrected chi connectivity index (χ3v) is 1.26. The molecule has 0 unspecified atom stereocenters. The molecule has 0 heterocycles. The summed E-state index contributed by atoms with van der Waals surface area (Å²) in [4.78, 5) is 0. The fraction of sp³-hybridized carbons (Fsp3) is 0.250. The number of methoxy groups -OCH3 is 1. The van der Waals surface area contributed by atoms with Gasteiger partial charge in [-0.15, -0.1) is 0 Å². The quantitative estimate of drug-likeness (QED) is 0.552. The van der Waals surface area contributed by atoms with Gasteiger partial charge < -0.3 is 4.74 Å². The average Bonchev–Trinajstić information content (AvgIpc) is 1.90. The zero-order chi connectivity index (χ0) is 6.69. The minimum atomic E-state index is 0.917. The van der Waals surface area contributed by atoms with Crippen molar-refractivity contribution in [1.29, 1.82) is 0 Å². The molecule has 0 amide bonds. The first-order chi connectivity index (χ1) is 4.33. The van der Waals surface area contributed by atoms with Crippen LogP contribution >= 0.6 is 0 Å². The van der Waals surface area contributed by atoms with Crippen LogP contribution in [0, 0.1) is 6.92 Å². The highest BCUT2D eigenvalue weighted by Gasteiger charge is 1.85. The van der Waals surface area contributed by atoms with Crippen molar-refractivity contribution in [2.45, 2.75) is 6.92 Å². The summed E-state index contributed by atoms with van der Waals surface area (Å²) in [5.41, 5.74) is 1.26. The van der Waals surface area contributed by atoms with Crippen molar-refractivity contribution in [3.05, 3.63) is 29.8 Å². The predicted molar refractivity (Wildman–Crippen MR) is 37.7 cm³/mol. The minimum absolute atomic E-state index is 0.917. The molecule has 0 atom stereocenters. The summed E-state index contributed by atoms with van der Waals surface area (Å²) in [5.74, 6) is 0.917. The van der Waals surface area contributed by atoms with Crippen LogP contribution in [0.3, 0.4) is 0 Å². The van der Waals surface area contributed by atoms with Crippen LogP contribution in [0.4, 0.5) is 0 Å². The second-order valence-electron chi connectivity index (χ2n) is 2.02. The topological polar surface area (TPSA) is 9.23 Å². The van der Waals surface area contributed by atoms with Gasteiger partial charge in [-0.2, -0.15) is 0 Å². The van der Waals surface area contributed by atoms with Crippen LogP contribution in [-0.2, 0) is 0 Å². The molecule has 0 aromatic heterocycles. The van der Waals surface area contributed by atoms with E-state index < -0.39 is 0 Å². The van der Waals surface area contributed by atoms with Crippen molar-refractivity contribution in [3.8, 4) is 5.75 Å². The Labute approximate surface area is 55.3 Å². The summed E-state index contributed by atoms with van der Waals surface area (Å²) in [6, 6.07) is 7.96. The summed E-state index contributed by atoms with van der Waals surface area (Å²) in [6.45, 7) is 2.06. The molecule has 0 aliphatic carbocycles. The Morgan fingerprint density at radius 3 is 2.11 bits per heavy atom. The lowest BCUT2D eigenvalue weighted by molar-refractivity contribution is 0.414. The first kappa shape index (κ1) is 6.14. The smallest absolute Gasteiger partial charge is 0.118 e. The summed E-state index contributed by atoms with van der Waals surface area (Å²) in [5, 5.41) is 0. The maximum absolute atomic E-state index is 4.97.